The second-order valence-corrected chi connectivity index (χ2v) is 9.33. The third-order valence-electron chi connectivity index (χ3n) is 4.69. The summed E-state index contributed by atoms with van der Waals surface area (Å²) < 4.78 is 5.60. The summed E-state index contributed by atoms with van der Waals surface area (Å²) in [7, 11) is 3.91. The van der Waals surface area contributed by atoms with Gasteiger partial charge in [0, 0.05) is 18.5 Å². The minimum absolute atomic E-state index is 0.00508. The van der Waals surface area contributed by atoms with Crippen LogP contribution in [0.1, 0.15) is 41.8 Å². The lowest BCUT2D eigenvalue weighted by Crippen LogP contribution is -2.38. The maximum absolute atomic E-state index is 12.6. The minimum Gasteiger partial charge on any atom is -0.482 e. The number of nitrogens with one attached hydrogen (secondary N) is 1. The number of carbonyl (C=O) groups excluding carboxylic acids is 2. The van der Waals surface area contributed by atoms with E-state index in [4.69, 9.17) is 4.74 Å². The maximum atomic E-state index is 12.6. The van der Waals surface area contributed by atoms with Crippen LogP contribution < -0.4 is 15.0 Å². The number of benzene rings is 1. The number of anilines is 1. The standard InChI is InChI=1S/C21H28N4O3S/c1-21(2,3)14-6-7-17-16(10-14)25(19(26)12-28-17)11-18-23-15(13-29-18)20(27)22-8-9-24(4)5/h6-7,10,13H,8-9,11-12H2,1-5H3,(H,22,27). The van der Waals surface area contributed by atoms with E-state index in [1.54, 1.807) is 10.3 Å². The Morgan fingerprint density at radius 1 is 1.34 bits per heavy atom. The number of fused-ring (bicyclic) bond motifs is 1. The van der Waals surface area contributed by atoms with Crippen molar-refractivity contribution in [3.63, 3.8) is 0 Å². The van der Waals surface area contributed by atoms with Gasteiger partial charge in [-0.15, -0.1) is 11.3 Å². The lowest BCUT2D eigenvalue weighted by molar-refractivity contribution is -0.121. The molecular weight excluding hydrogens is 388 g/mol. The molecule has 7 nitrogen and oxygen atoms in total. The molecular formula is C21H28N4O3S. The van der Waals surface area contributed by atoms with E-state index < -0.39 is 0 Å². The first kappa shape index (κ1) is 21.3. The zero-order chi connectivity index (χ0) is 21.2. The minimum atomic E-state index is -0.196. The number of hydrogen-bond donors (Lipinski definition) is 1. The van der Waals surface area contributed by atoms with E-state index >= 15 is 0 Å². The van der Waals surface area contributed by atoms with Crippen LogP contribution in [-0.2, 0) is 16.8 Å². The van der Waals surface area contributed by atoms with Crippen LogP contribution in [0.15, 0.2) is 23.6 Å². The summed E-state index contributed by atoms with van der Waals surface area (Å²) in [5, 5.41) is 5.31. The lowest BCUT2D eigenvalue weighted by atomic mass is 9.86. The summed E-state index contributed by atoms with van der Waals surface area (Å²) in [6.07, 6.45) is 0. The van der Waals surface area contributed by atoms with Gasteiger partial charge in [0.15, 0.2) is 6.61 Å². The molecule has 1 aromatic heterocycles. The summed E-state index contributed by atoms with van der Waals surface area (Å²) in [6, 6.07) is 5.96. The van der Waals surface area contributed by atoms with E-state index in [2.05, 4.69) is 31.1 Å². The second kappa shape index (κ2) is 8.51. The Bertz CT molecular complexity index is 902. The van der Waals surface area contributed by atoms with Crippen molar-refractivity contribution in [2.45, 2.75) is 32.7 Å². The molecule has 1 aromatic carbocycles. The fourth-order valence-corrected chi connectivity index (χ4v) is 3.71. The highest BCUT2D eigenvalue weighted by atomic mass is 32.1. The zero-order valence-corrected chi connectivity index (χ0v) is 18.4. The molecule has 2 heterocycles. The molecule has 3 rings (SSSR count). The first-order valence-electron chi connectivity index (χ1n) is 9.60. The molecule has 8 heteroatoms. The van der Waals surface area contributed by atoms with Crippen molar-refractivity contribution in [2.24, 2.45) is 0 Å². The van der Waals surface area contributed by atoms with E-state index in [-0.39, 0.29) is 23.8 Å². The summed E-state index contributed by atoms with van der Waals surface area (Å²) in [5.74, 6) is 0.379. The number of likely N-dealkylation sites (N-methyl/N-ethyl adjacent to an activating group) is 1. The summed E-state index contributed by atoms with van der Waals surface area (Å²) >= 11 is 1.38. The number of aromatic nitrogens is 1. The van der Waals surface area contributed by atoms with Gasteiger partial charge in [0.25, 0.3) is 11.8 Å². The predicted molar refractivity (Wildman–Crippen MR) is 115 cm³/mol. The Morgan fingerprint density at radius 3 is 2.79 bits per heavy atom. The number of carbonyl (C=O) groups is 2. The van der Waals surface area contributed by atoms with Gasteiger partial charge in [0.1, 0.15) is 16.5 Å². The largest absolute Gasteiger partial charge is 0.482 e. The van der Waals surface area contributed by atoms with E-state index in [9.17, 15) is 9.59 Å². The van der Waals surface area contributed by atoms with Gasteiger partial charge in [-0.2, -0.15) is 0 Å². The van der Waals surface area contributed by atoms with Crippen LogP contribution >= 0.6 is 11.3 Å². The van der Waals surface area contributed by atoms with Gasteiger partial charge < -0.3 is 15.0 Å². The van der Waals surface area contributed by atoms with Crippen molar-refractivity contribution >= 4 is 28.8 Å². The average molecular weight is 417 g/mol. The van der Waals surface area contributed by atoms with Crippen LogP contribution in [0.3, 0.4) is 0 Å². The van der Waals surface area contributed by atoms with Crippen LogP contribution in [0.5, 0.6) is 5.75 Å². The molecule has 0 spiro atoms. The van der Waals surface area contributed by atoms with Crippen LogP contribution in [0.4, 0.5) is 5.69 Å². The van der Waals surface area contributed by atoms with Gasteiger partial charge in [-0.1, -0.05) is 26.8 Å². The highest BCUT2D eigenvalue weighted by Gasteiger charge is 2.28. The van der Waals surface area contributed by atoms with Crippen LogP contribution in [0.25, 0.3) is 0 Å². The van der Waals surface area contributed by atoms with Crippen molar-refractivity contribution in [3.05, 3.63) is 39.8 Å². The summed E-state index contributed by atoms with van der Waals surface area (Å²) in [4.78, 5) is 33.0. The average Bonchev–Trinajstić information content (AvgIpc) is 3.11. The molecule has 0 saturated heterocycles. The van der Waals surface area contributed by atoms with Gasteiger partial charge in [-0.05, 0) is 37.2 Å². The summed E-state index contributed by atoms with van der Waals surface area (Å²) in [6.45, 7) is 8.04. The Morgan fingerprint density at radius 2 is 2.10 bits per heavy atom. The molecule has 156 valence electrons. The number of rotatable bonds is 6. The molecule has 1 aliphatic rings. The van der Waals surface area contributed by atoms with Gasteiger partial charge in [0.2, 0.25) is 0 Å². The topological polar surface area (TPSA) is 74.8 Å². The first-order chi connectivity index (χ1) is 13.6. The Labute approximate surface area is 175 Å². The Kier molecular flexibility index (Phi) is 6.24. The molecule has 0 unspecified atom stereocenters. The van der Waals surface area contributed by atoms with Crippen LogP contribution in [0, 0.1) is 0 Å². The van der Waals surface area contributed by atoms with Crippen LogP contribution in [0.2, 0.25) is 0 Å². The van der Waals surface area contributed by atoms with Crippen molar-refractivity contribution in [3.8, 4) is 5.75 Å². The third kappa shape index (κ3) is 5.13. The molecule has 0 aliphatic carbocycles. The normalized spacial score (nSPS) is 14.0. The SMILES string of the molecule is CN(C)CCNC(=O)c1csc(CN2C(=O)COc3ccc(C(C)(C)C)cc32)n1. The van der Waals surface area contributed by atoms with E-state index in [1.807, 2.05) is 37.2 Å². The number of thiazole rings is 1. The quantitative estimate of drug-likeness (QED) is 0.784. The molecule has 0 fully saturated rings. The predicted octanol–water partition coefficient (Wildman–Crippen LogP) is 2.66. The fraction of sp³-hybridized carbons (Fsp3) is 0.476. The van der Waals surface area contributed by atoms with Crippen LogP contribution in [-0.4, -0.2) is 55.5 Å². The smallest absolute Gasteiger partial charge is 0.270 e. The number of amides is 2. The van der Waals surface area contributed by atoms with E-state index in [0.29, 0.717) is 29.5 Å². The highest BCUT2D eigenvalue weighted by Crippen LogP contribution is 2.37. The van der Waals surface area contributed by atoms with Gasteiger partial charge in [-0.25, -0.2) is 4.98 Å². The summed E-state index contributed by atoms with van der Waals surface area (Å²) in [5.41, 5.74) is 2.22. The van der Waals surface area contributed by atoms with Crippen molar-refractivity contribution < 1.29 is 14.3 Å². The third-order valence-corrected chi connectivity index (χ3v) is 5.52. The number of ether oxygens (including phenoxy) is 1. The maximum Gasteiger partial charge on any atom is 0.270 e. The molecule has 2 amide bonds. The van der Waals surface area contributed by atoms with Crippen molar-refractivity contribution in [1.29, 1.82) is 0 Å². The Balaban J connectivity index is 1.76. The molecule has 29 heavy (non-hydrogen) atoms. The lowest BCUT2D eigenvalue weighted by Gasteiger charge is -2.30. The molecule has 2 aromatic rings. The Hall–Kier alpha value is -2.45. The van der Waals surface area contributed by atoms with Gasteiger partial charge in [-0.3, -0.25) is 14.5 Å². The molecule has 1 N–H and O–H groups in total. The van der Waals surface area contributed by atoms with Crippen molar-refractivity contribution in [1.82, 2.24) is 15.2 Å². The molecule has 0 radical (unpaired) electrons. The molecule has 1 aliphatic heterocycles. The molecule has 0 atom stereocenters. The molecule has 0 saturated carbocycles. The molecule has 0 bridgehead atoms. The van der Waals surface area contributed by atoms with E-state index in [1.165, 1.54) is 11.3 Å². The second-order valence-electron chi connectivity index (χ2n) is 8.39. The monoisotopic (exact) mass is 416 g/mol. The highest BCUT2D eigenvalue weighted by molar-refractivity contribution is 7.09. The number of hydrogen-bond acceptors (Lipinski definition) is 6. The number of nitrogens with zero attached hydrogens (tertiary/aromatic N) is 3. The van der Waals surface area contributed by atoms with Crippen molar-refractivity contribution in [2.75, 3.05) is 38.7 Å². The van der Waals surface area contributed by atoms with Gasteiger partial charge >= 0.3 is 0 Å². The van der Waals surface area contributed by atoms with E-state index in [0.717, 1.165) is 17.8 Å². The fourth-order valence-electron chi connectivity index (χ4n) is 2.95. The van der Waals surface area contributed by atoms with Gasteiger partial charge in [0.05, 0.1) is 12.2 Å². The first-order valence-corrected chi connectivity index (χ1v) is 10.5. The zero-order valence-electron chi connectivity index (χ0n) is 17.6.